The molecule has 7 nitrogen and oxygen atoms in total. The van der Waals surface area contributed by atoms with Crippen molar-refractivity contribution in [2.45, 2.75) is 19.9 Å². The van der Waals surface area contributed by atoms with E-state index in [1.165, 1.54) is 6.92 Å². The molecule has 0 radical (unpaired) electrons. The van der Waals surface area contributed by atoms with Gasteiger partial charge >= 0.3 is 0 Å². The van der Waals surface area contributed by atoms with Crippen LogP contribution in [-0.2, 0) is 9.59 Å². The molecule has 4 N–H and O–H groups in total. The third-order valence-electron chi connectivity index (χ3n) is 4.71. The van der Waals surface area contributed by atoms with E-state index in [4.69, 9.17) is 0 Å². The summed E-state index contributed by atoms with van der Waals surface area (Å²) < 4.78 is 0. The van der Waals surface area contributed by atoms with Crippen molar-refractivity contribution in [3.63, 3.8) is 0 Å². The van der Waals surface area contributed by atoms with Crippen LogP contribution in [0.1, 0.15) is 35.8 Å². The second-order valence-electron chi connectivity index (χ2n) is 7.35. The second-order valence-corrected chi connectivity index (χ2v) is 7.35. The molecular weight excluding hydrogens is 404 g/mol. The van der Waals surface area contributed by atoms with E-state index in [0.29, 0.717) is 22.6 Å². The number of anilines is 3. The molecule has 1 unspecified atom stereocenters. The molecule has 1 atom stereocenters. The first-order chi connectivity index (χ1) is 15.4. The van der Waals surface area contributed by atoms with Gasteiger partial charge < -0.3 is 21.3 Å². The Morgan fingerprint density at radius 2 is 1.44 bits per heavy atom. The number of hydrogen-bond acceptors (Lipinski definition) is 4. The lowest BCUT2D eigenvalue weighted by Gasteiger charge is -2.15. The minimum absolute atomic E-state index is 0.0406. The maximum atomic E-state index is 12.6. The van der Waals surface area contributed by atoms with Crippen LogP contribution in [0, 0.1) is 0 Å². The molecule has 0 aromatic heterocycles. The Morgan fingerprint density at radius 1 is 0.781 bits per heavy atom. The Morgan fingerprint density at radius 3 is 2.09 bits per heavy atom. The van der Waals surface area contributed by atoms with Crippen LogP contribution in [0.15, 0.2) is 78.9 Å². The fourth-order valence-electron chi connectivity index (χ4n) is 3.10. The molecular formula is C25H26N4O3. The molecule has 0 aliphatic heterocycles. The zero-order valence-corrected chi connectivity index (χ0v) is 18.0. The number of hydrogen-bond donors (Lipinski definition) is 4. The minimum Gasteiger partial charge on any atom is -0.376 e. The fraction of sp³-hybridized carbons (Fsp3) is 0.160. The van der Waals surface area contributed by atoms with E-state index in [9.17, 15) is 14.4 Å². The highest BCUT2D eigenvalue weighted by Gasteiger charge is 2.12. The number of carbonyl (C=O) groups excluding carboxylic acids is 3. The molecule has 0 aliphatic carbocycles. The topological polar surface area (TPSA) is 99.3 Å². The van der Waals surface area contributed by atoms with E-state index in [2.05, 4.69) is 21.3 Å². The summed E-state index contributed by atoms with van der Waals surface area (Å²) in [6.45, 7) is 3.41. The first-order valence-electron chi connectivity index (χ1n) is 10.3. The summed E-state index contributed by atoms with van der Waals surface area (Å²) in [5.41, 5.74) is 3.48. The first-order valence-corrected chi connectivity index (χ1v) is 10.3. The van der Waals surface area contributed by atoms with Gasteiger partial charge in [0.25, 0.3) is 5.91 Å². The number of carbonyl (C=O) groups is 3. The first kappa shape index (κ1) is 22.6. The van der Waals surface area contributed by atoms with Crippen LogP contribution in [0.25, 0.3) is 0 Å². The average Bonchev–Trinajstić information content (AvgIpc) is 2.79. The van der Waals surface area contributed by atoms with Gasteiger partial charge in [-0.05, 0) is 55.0 Å². The van der Waals surface area contributed by atoms with Gasteiger partial charge in [0.2, 0.25) is 11.8 Å². The van der Waals surface area contributed by atoms with Crippen LogP contribution >= 0.6 is 0 Å². The van der Waals surface area contributed by atoms with E-state index in [-0.39, 0.29) is 30.3 Å². The van der Waals surface area contributed by atoms with Crippen molar-refractivity contribution in [3.05, 3.63) is 90.0 Å². The SMILES string of the molecule is CC(=O)Nc1ccc(NC(=O)CNc2cccc(C(=O)NC(C)c3ccccc3)c2)cc1. The zero-order chi connectivity index (χ0) is 22.9. The van der Waals surface area contributed by atoms with Gasteiger partial charge in [-0.25, -0.2) is 0 Å². The van der Waals surface area contributed by atoms with Crippen molar-refractivity contribution >= 4 is 34.8 Å². The summed E-state index contributed by atoms with van der Waals surface area (Å²) in [4.78, 5) is 35.9. The molecule has 0 spiro atoms. The number of benzene rings is 3. The third kappa shape index (κ3) is 6.70. The normalized spacial score (nSPS) is 11.2. The van der Waals surface area contributed by atoms with Crippen LogP contribution in [0.2, 0.25) is 0 Å². The van der Waals surface area contributed by atoms with Crippen LogP contribution < -0.4 is 21.3 Å². The van der Waals surface area contributed by atoms with Crippen molar-refractivity contribution in [1.82, 2.24) is 5.32 Å². The largest absolute Gasteiger partial charge is 0.376 e. The van der Waals surface area contributed by atoms with Crippen molar-refractivity contribution in [3.8, 4) is 0 Å². The maximum absolute atomic E-state index is 12.6. The smallest absolute Gasteiger partial charge is 0.251 e. The molecule has 0 aliphatic rings. The molecule has 164 valence electrons. The van der Waals surface area contributed by atoms with Crippen LogP contribution in [0.5, 0.6) is 0 Å². The molecule has 0 saturated heterocycles. The highest BCUT2D eigenvalue weighted by atomic mass is 16.2. The summed E-state index contributed by atoms with van der Waals surface area (Å²) in [6, 6.07) is 23.5. The molecule has 3 rings (SSSR count). The lowest BCUT2D eigenvalue weighted by molar-refractivity contribution is -0.115. The third-order valence-corrected chi connectivity index (χ3v) is 4.71. The van der Waals surface area contributed by atoms with Crippen LogP contribution in [0.4, 0.5) is 17.1 Å². The van der Waals surface area contributed by atoms with Crippen molar-refractivity contribution < 1.29 is 14.4 Å². The highest BCUT2D eigenvalue weighted by Crippen LogP contribution is 2.16. The molecule has 32 heavy (non-hydrogen) atoms. The van der Waals surface area contributed by atoms with Gasteiger partial charge in [-0.2, -0.15) is 0 Å². The van der Waals surface area contributed by atoms with E-state index >= 15 is 0 Å². The molecule has 0 fully saturated rings. The van der Waals surface area contributed by atoms with Gasteiger partial charge in [0.15, 0.2) is 0 Å². The Kier molecular flexibility index (Phi) is 7.59. The Hall–Kier alpha value is -4.13. The van der Waals surface area contributed by atoms with Crippen LogP contribution in [-0.4, -0.2) is 24.3 Å². The van der Waals surface area contributed by atoms with E-state index in [0.717, 1.165) is 5.56 Å². The highest BCUT2D eigenvalue weighted by molar-refractivity contribution is 5.96. The van der Waals surface area contributed by atoms with Gasteiger partial charge in [0.1, 0.15) is 0 Å². The summed E-state index contributed by atoms with van der Waals surface area (Å²) in [6.07, 6.45) is 0. The quantitative estimate of drug-likeness (QED) is 0.431. The van der Waals surface area contributed by atoms with Crippen molar-refractivity contribution in [1.29, 1.82) is 0 Å². The summed E-state index contributed by atoms with van der Waals surface area (Å²) >= 11 is 0. The van der Waals surface area contributed by atoms with Crippen LogP contribution in [0.3, 0.4) is 0 Å². The summed E-state index contributed by atoms with van der Waals surface area (Å²) in [7, 11) is 0. The van der Waals surface area contributed by atoms with Gasteiger partial charge in [0, 0.05) is 29.5 Å². The zero-order valence-electron chi connectivity index (χ0n) is 18.0. The van der Waals surface area contributed by atoms with Gasteiger partial charge in [-0.3, -0.25) is 14.4 Å². The van der Waals surface area contributed by atoms with Crippen molar-refractivity contribution in [2.75, 3.05) is 22.5 Å². The van der Waals surface area contributed by atoms with Gasteiger partial charge in [-0.1, -0.05) is 36.4 Å². The lowest BCUT2D eigenvalue weighted by Crippen LogP contribution is -2.26. The van der Waals surface area contributed by atoms with E-state index in [1.54, 1.807) is 48.5 Å². The molecule has 7 heteroatoms. The Balaban J connectivity index is 1.52. The number of rotatable bonds is 8. The van der Waals surface area contributed by atoms with E-state index < -0.39 is 0 Å². The number of amides is 3. The average molecular weight is 431 g/mol. The number of nitrogens with one attached hydrogen (secondary N) is 4. The molecule has 3 amide bonds. The Bertz CT molecular complexity index is 1080. The van der Waals surface area contributed by atoms with Gasteiger partial charge in [-0.15, -0.1) is 0 Å². The lowest BCUT2D eigenvalue weighted by atomic mass is 10.1. The molecule has 3 aromatic rings. The standard InChI is InChI=1S/C25H26N4O3/c1-17(19-7-4-3-5-8-19)27-25(32)20-9-6-10-23(15-20)26-16-24(31)29-22-13-11-21(12-14-22)28-18(2)30/h3-15,17,26H,16H2,1-2H3,(H,27,32)(H,28,30)(H,29,31). The second kappa shape index (κ2) is 10.8. The molecule has 0 saturated carbocycles. The minimum atomic E-state index is -0.232. The van der Waals surface area contributed by atoms with Gasteiger partial charge in [0.05, 0.1) is 12.6 Å². The van der Waals surface area contributed by atoms with E-state index in [1.807, 2.05) is 37.3 Å². The maximum Gasteiger partial charge on any atom is 0.251 e. The molecule has 0 heterocycles. The molecule has 3 aromatic carbocycles. The summed E-state index contributed by atoms with van der Waals surface area (Å²) in [5, 5.41) is 11.5. The molecule has 0 bridgehead atoms. The fourth-order valence-corrected chi connectivity index (χ4v) is 3.10. The monoisotopic (exact) mass is 430 g/mol. The predicted molar refractivity (Wildman–Crippen MR) is 127 cm³/mol. The Labute approximate surface area is 187 Å². The predicted octanol–water partition coefficient (Wildman–Crippen LogP) is 4.19. The van der Waals surface area contributed by atoms with Crippen molar-refractivity contribution in [2.24, 2.45) is 0 Å². The summed E-state index contributed by atoms with van der Waals surface area (Å²) in [5.74, 6) is -0.574.